The van der Waals surface area contributed by atoms with Gasteiger partial charge >= 0.3 is 12.2 Å². The van der Waals surface area contributed by atoms with Crippen LogP contribution >= 0.6 is 0 Å². The predicted octanol–water partition coefficient (Wildman–Crippen LogP) is 4.57. The van der Waals surface area contributed by atoms with E-state index in [1.54, 1.807) is 0 Å². The van der Waals surface area contributed by atoms with Crippen LogP contribution in [0.2, 0.25) is 0 Å². The molecule has 8 nitrogen and oxygen atoms in total. The highest BCUT2D eigenvalue weighted by Gasteiger charge is 2.31. The SMILES string of the molecule is CCCC(=O)NCCN(C(=O)Nc1ccc([N+](=O)[O-])cc1)c1cccc(C(F)(F)F)c1. The monoisotopic (exact) mass is 438 g/mol. The average Bonchev–Trinajstić information content (AvgIpc) is 2.71. The molecule has 0 aromatic heterocycles. The van der Waals surface area contributed by atoms with Gasteiger partial charge in [0.15, 0.2) is 0 Å². The summed E-state index contributed by atoms with van der Waals surface area (Å²) in [6.45, 7) is 1.77. The first kappa shape index (κ1) is 23.6. The lowest BCUT2D eigenvalue weighted by Crippen LogP contribution is -2.41. The summed E-state index contributed by atoms with van der Waals surface area (Å²) < 4.78 is 39.3. The van der Waals surface area contributed by atoms with Gasteiger partial charge in [0.1, 0.15) is 0 Å². The minimum Gasteiger partial charge on any atom is -0.354 e. The zero-order valence-corrected chi connectivity index (χ0v) is 16.6. The van der Waals surface area contributed by atoms with Gasteiger partial charge in [0, 0.05) is 43.0 Å². The maximum atomic E-state index is 13.1. The first-order chi connectivity index (χ1) is 14.6. The molecule has 0 aliphatic heterocycles. The molecule has 11 heteroatoms. The third kappa shape index (κ3) is 6.98. The van der Waals surface area contributed by atoms with Crippen LogP contribution in [-0.2, 0) is 11.0 Å². The topological polar surface area (TPSA) is 105 Å². The smallest absolute Gasteiger partial charge is 0.354 e. The third-order valence-electron chi connectivity index (χ3n) is 4.19. The number of hydrogen-bond acceptors (Lipinski definition) is 4. The maximum Gasteiger partial charge on any atom is 0.416 e. The average molecular weight is 438 g/mol. The van der Waals surface area contributed by atoms with E-state index in [0.717, 1.165) is 17.0 Å². The number of carbonyl (C=O) groups excluding carboxylic acids is 2. The number of rotatable bonds is 8. The molecule has 0 aliphatic carbocycles. The second-order valence-corrected chi connectivity index (χ2v) is 6.53. The lowest BCUT2D eigenvalue weighted by atomic mass is 10.2. The molecule has 0 saturated carbocycles. The van der Waals surface area contributed by atoms with Gasteiger partial charge in [-0.05, 0) is 36.8 Å². The first-order valence-corrected chi connectivity index (χ1v) is 9.38. The Morgan fingerprint density at radius 1 is 1.13 bits per heavy atom. The second kappa shape index (κ2) is 10.4. The number of nitro groups is 1. The Kier molecular flexibility index (Phi) is 7.94. The zero-order chi connectivity index (χ0) is 23.0. The van der Waals surface area contributed by atoms with E-state index in [9.17, 15) is 32.9 Å². The molecular formula is C20H21F3N4O4. The van der Waals surface area contributed by atoms with E-state index in [4.69, 9.17) is 0 Å². The Hall–Kier alpha value is -3.63. The predicted molar refractivity (Wildman–Crippen MR) is 109 cm³/mol. The zero-order valence-electron chi connectivity index (χ0n) is 16.6. The van der Waals surface area contributed by atoms with Crippen molar-refractivity contribution in [2.24, 2.45) is 0 Å². The minimum absolute atomic E-state index is 0.0148. The highest BCUT2D eigenvalue weighted by Crippen LogP contribution is 2.31. The van der Waals surface area contributed by atoms with E-state index in [-0.39, 0.29) is 36.1 Å². The van der Waals surface area contributed by atoms with Crippen molar-refractivity contribution in [3.8, 4) is 0 Å². The second-order valence-electron chi connectivity index (χ2n) is 6.53. The van der Waals surface area contributed by atoms with Crippen molar-refractivity contribution in [2.75, 3.05) is 23.3 Å². The van der Waals surface area contributed by atoms with E-state index >= 15 is 0 Å². The van der Waals surface area contributed by atoms with Gasteiger partial charge in [-0.1, -0.05) is 13.0 Å². The highest BCUT2D eigenvalue weighted by molar-refractivity contribution is 6.01. The van der Waals surface area contributed by atoms with Crippen LogP contribution in [0.1, 0.15) is 25.3 Å². The summed E-state index contributed by atoms with van der Waals surface area (Å²) in [5.74, 6) is -0.234. The number of carbonyl (C=O) groups is 2. The van der Waals surface area contributed by atoms with Crippen LogP contribution in [-0.4, -0.2) is 30.0 Å². The Bertz CT molecular complexity index is 933. The van der Waals surface area contributed by atoms with Crippen LogP contribution in [0.25, 0.3) is 0 Å². The summed E-state index contributed by atoms with van der Waals surface area (Å²) in [4.78, 5) is 35.6. The molecule has 3 amide bonds. The number of alkyl halides is 3. The fraction of sp³-hybridized carbons (Fsp3) is 0.300. The van der Waals surface area contributed by atoms with Crippen molar-refractivity contribution in [3.63, 3.8) is 0 Å². The molecular weight excluding hydrogens is 417 g/mol. The van der Waals surface area contributed by atoms with Crippen LogP contribution in [0.4, 0.5) is 35.0 Å². The summed E-state index contributed by atoms with van der Waals surface area (Å²) >= 11 is 0. The number of non-ortho nitro benzene ring substituents is 1. The van der Waals surface area contributed by atoms with Gasteiger partial charge < -0.3 is 10.6 Å². The number of halogens is 3. The first-order valence-electron chi connectivity index (χ1n) is 9.38. The van der Waals surface area contributed by atoms with E-state index in [1.807, 2.05) is 6.92 Å². The Morgan fingerprint density at radius 2 is 1.81 bits per heavy atom. The number of amides is 3. The quantitative estimate of drug-likeness (QED) is 0.465. The summed E-state index contributed by atoms with van der Waals surface area (Å²) in [6.07, 6.45) is -3.67. The number of nitrogens with zero attached hydrogens (tertiary/aromatic N) is 2. The van der Waals surface area contributed by atoms with E-state index < -0.39 is 22.7 Å². The molecule has 0 bridgehead atoms. The van der Waals surface area contributed by atoms with Gasteiger partial charge in [0.25, 0.3) is 5.69 Å². The van der Waals surface area contributed by atoms with Crippen LogP contribution in [0.5, 0.6) is 0 Å². The Labute approximate surface area is 176 Å². The van der Waals surface area contributed by atoms with Crippen molar-refractivity contribution < 1.29 is 27.7 Å². The summed E-state index contributed by atoms with van der Waals surface area (Å²) in [7, 11) is 0. The molecule has 0 atom stereocenters. The van der Waals surface area contributed by atoms with Crippen molar-refractivity contribution >= 4 is 29.0 Å². The standard InChI is InChI=1S/C20H21F3N4O4/c1-2-4-18(28)24-11-12-26(17-6-3-5-14(13-17)20(21,22)23)19(29)25-15-7-9-16(10-8-15)27(30)31/h3,5-10,13H,2,4,11-12H2,1H3,(H,24,28)(H,25,29). The van der Waals surface area contributed by atoms with Gasteiger partial charge in [-0.3, -0.25) is 19.8 Å². The molecule has 2 rings (SSSR count). The molecule has 166 valence electrons. The molecule has 0 spiro atoms. The Morgan fingerprint density at radius 3 is 2.39 bits per heavy atom. The molecule has 0 heterocycles. The number of nitro benzene ring substituents is 1. The summed E-state index contributed by atoms with van der Waals surface area (Å²) in [5, 5.41) is 15.9. The Balaban J connectivity index is 2.22. The van der Waals surface area contributed by atoms with Crippen LogP contribution in [0, 0.1) is 10.1 Å². The van der Waals surface area contributed by atoms with Crippen LogP contribution < -0.4 is 15.5 Å². The highest BCUT2D eigenvalue weighted by atomic mass is 19.4. The number of hydrogen-bond donors (Lipinski definition) is 2. The fourth-order valence-corrected chi connectivity index (χ4v) is 2.68. The van der Waals surface area contributed by atoms with Gasteiger partial charge in [0.2, 0.25) is 5.91 Å². The summed E-state index contributed by atoms with van der Waals surface area (Å²) in [6, 6.07) is 8.50. The van der Waals surface area contributed by atoms with Gasteiger partial charge in [-0.15, -0.1) is 0 Å². The minimum atomic E-state index is -4.59. The number of anilines is 2. The van der Waals surface area contributed by atoms with Crippen molar-refractivity contribution in [2.45, 2.75) is 25.9 Å². The molecule has 0 aliphatic rings. The molecule has 2 N–H and O–H groups in total. The lowest BCUT2D eigenvalue weighted by molar-refractivity contribution is -0.384. The van der Waals surface area contributed by atoms with E-state index in [1.165, 1.54) is 36.4 Å². The molecule has 0 fully saturated rings. The lowest BCUT2D eigenvalue weighted by Gasteiger charge is -2.24. The fourth-order valence-electron chi connectivity index (χ4n) is 2.68. The normalized spacial score (nSPS) is 11.0. The molecule has 2 aromatic carbocycles. The molecule has 2 aromatic rings. The number of urea groups is 1. The van der Waals surface area contributed by atoms with Crippen molar-refractivity contribution in [3.05, 3.63) is 64.2 Å². The largest absolute Gasteiger partial charge is 0.416 e. The van der Waals surface area contributed by atoms with Gasteiger partial charge in [-0.25, -0.2) is 4.79 Å². The molecule has 31 heavy (non-hydrogen) atoms. The summed E-state index contributed by atoms with van der Waals surface area (Å²) in [5.41, 5.74) is -0.888. The molecule has 0 saturated heterocycles. The molecule has 0 radical (unpaired) electrons. The van der Waals surface area contributed by atoms with Crippen molar-refractivity contribution in [1.82, 2.24) is 5.32 Å². The van der Waals surface area contributed by atoms with Crippen LogP contribution in [0.3, 0.4) is 0 Å². The van der Waals surface area contributed by atoms with E-state index in [2.05, 4.69) is 10.6 Å². The van der Waals surface area contributed by atoms with Crippen LogP contribution in [0.15, 0.2) is 48.5 Å². The maximum absolute atomic E-state index is 13.1. The molecule has 0 unspecified atom stereocenters. The van der Waals surface area contributed by atoms with Crippen molar-refractivity contribution in [1.29, 1.82) is 0 Å². The number of benzene rings is 2. The van der Waals surface area contributed by atoms with E-state index in [0.29, 0.717) is 12.8 Å². The van der Waals surface area contributed by atoms with Gasteiger partial charge in [-0.2, -0.15) is 13.2 Å². The third-order valence-corrected chi connectivity index (χ3v) is 4.19. The van der Waals surface area contributed by atoms with Gasteiger partial charge in [0.05, 0.1) is 10.5 Å². The number of nitrogens with one attached hydrogen (secondary N) is 2.